The van der Waals surface area contributed by atoms with Gasteiger partial charge in [0.1, 0.15) is 12.3 Å². The molecule has 0 atom stereocenters. The third-order valence-electron chi connectivity index (χ3n) is 4.28. The highest BCUT2D eigenvalue weighted by Crippen LogP contribution is 2.28. The van der Waals surface area contributed by atoms with Crippen LogP contribution in [0.3, 0.4) is 0 Å². The van der Waals surface area contributed by atoms with Crippen molar-refractivity contribution >= 4 is 27.2 Å². The van der Waals surface area contributed by atoms with Crippen LogP contribution >= 0.6 is 11.3 Å². The molecule has 5 aromatic rings. The van der Waals surface area contributed by atoms with Gasteiger partial charge in [0, 0.05) is 5.39 Å². The lowest BCUT2D eigenvalue weighted by molar-refractivity contribution is 0.283. The van der Waals surface area contributed by atoms with E-state index in [0.717, 1.165) is 21.6 Å². The molecule has 0 radical (unpaired) electrons. The average molecular weight is 389 g/mol. The SMILES string of the molecule is COc1ccccc1OCc1nn2c(-c3ccc4ccccc4n3)nnc2s1. The first-order valence-corrected chi connectivity index (χ1v) is 9.46. The fraction of sp³-hybridized carbons (Fsp3) is 0.100. The van der Waals surface area contributed by atoms with Crippen LogP contribution in [0.2, 0.25) is 0 Å². The summed E-state index contributed by atoms with van der Waals surface area (Å²) in [5.41, 5.74) is 1.64. The van der Waals surface area contributed by atoms with Crippen molar-refractivity contribution in [3.05, 3.63) is 65.7 Å². The summed E-state index contributed by atoms with van der Waals surface area (Å²) in [6.07, 6.45) is 0. The molecule has 0 aliphatic rings. The van der Waals surface area contributed by atoms with Gasteiger partial charge in [0.05, 0.1) is 12.6 Å². The van der Waals surface area contributed by atoms with Gasteiger partial charge in [0.2, 0.25) is 10.8 Å². The van der Waals surface area contributed by atoms with Crippen molar-refractivity contribution in [2.75, 3.05) is 7.11 Å². The first-order valence-electron chi connectivity index (χ1n) is 8.65. The van der Waals surface area contributed by atoms with Gasteiger partial charge in [0.25, 0.3) is 0 Å². The molecule has 8 heteroatoms. The van der Waals surface area contributed by atoms with Crippen LogP contribution in [0.4, 0.5) is 0 Å². The second kappa shape index (κ2) is 6.90. The van der Waals surface area contributed by atoms with Crippen LogP contribution in [0.15, 0.2) is 60.7 Å². The molecule has 138 valence electrons. The normalized spacial score (nSPS) is 11.2. The molecule has 3 heterocycles. The molecule has 5 rings (SSSR count). The van der Waals surface area contributed by atoms with E-state index in [2.05, 4.69) is 20.3 Å². The number of hydrogen-bond acceptors (Lipinski definition) is 7. The zero-order valence-electron chi connectivity index (χ0n) is 14.9. The van der Waals surface area contributed by atoms with Gasteiger partial charge in [-0.25, -0.2) is 4.98 Å². The van der Waals surface area contributed by atoms with Crippen LogP contribution < -0.4 is 9.47 Å². The van der Waals surface area contributed by atoms with E-state index in [-0.39, 0.29) is 0 Å². The standard InChI is InChI=1S/C20H15N5O2S/c1-26-16-8-4-5-9-17(16)27-12-18-24-25-19(22-23-20(25)28-18)15-11-10-13-6-2-3-7-14(13)21-15/h2-11H,12H2,1H3. The lowest BCUT2D eigenvalue weighted by atomic mass is 10.2. The molecule has 0 bridgehead atoms. The van der Waals surface area contributed by atoms with Crippen LogP contribution in [0, 0.1) is 0 Å². The molecule has 0 amide bonds. The van der Waals surface area contributed by atoms with E-state index >= 15 is 0 Å². The van der Waals surface area contributed by atoms with E-state index in [9.17, 15) is 0 Å². The molecule has 0 spiro atoms. The molecule has 0 fully saturated rings. The topological polar surface area (TPSA) is 74.4 Å². The van der Waals surface area contributed by atoms with E-state index < -0.39 is 0 Å². The first-order chi connectivity index (χ1) is 13.8. The fourth-order valence-corrected chi connectivity index (χ4v) is 3.69. The number of hydrogen-bond donors (Lipinski definition) is 0. The second-order valence-electron chi connectivity index (χ2n) is 6.04. The summed E-state index contributed by atoms with van der Waals surface area (Å²) in [5.74, 6) is 1.97. The number of para-hydroxylation sites is 3. The van der Waals surface area contributed by atoms with Gasteiger partial charge in [-0.15, -0.1) is 10.2 Å². The molecule has 0 unspecified atom stereocenters. The predicted octanol–water partition coefficient (Wildman–Crippen LogP) is 3.99. The van der Waals surface area contributed by atoms with Gasteiger partial charge in [-0.1, -0.05) is 47.7 Å². The Kier molecular flexibility index (Phi) is 4.10. The minimum atomic E-state index is 0.318. The number of benzene rings is 2. The summed E-state index contributed by atoms with van der Waals surface area (Å²) in [5, 5.41) is 15.0. The van der Waals surface area contributed by atoms with Crippen molar-refractivity contribution in [3.63, 3.8) is 0 Å². The number of nitrogens with zero attached hydrogens (tertiary/aromatic N) is 5. The van der Waals surface area contributed by atoms with E-state index in [1.807, 2.05) is 60.7 Å². The van der Waals surface area contributed by atoms with Crippen molar-refractivity contribution in [1.82, 2.24) is 24.8 Å². The Hall–Kier alpha value is -3.52. The Morgan fingerprint density at radius 1 is 0.929 bits per heavy atom. The largest absolute Gasteiger partial charge is 0.493 e. The fourth-order valence-electron chi connectivity index (χ4n) is 2.94. The summed E-state index contributed by atoms with van der Waals surface area (Å²) in [7, 11) is 1.62. The Morgan fingerprint density at radius 3 is 2.64 bits per heavy atom. The molecule has 0 aliphatic carbocycles. The van der Waals surface area contributed by atoms with Crippen LogP contribution in [-0.4, -0.2) is 31.9 Å². The minimum Gasteiger partial charge on any atom is -0.493 e. The van der Waals surface area contributed by atoms with Crippen molar-refractivity contribution in [1.29, 1.82) is 0 Å². The number of ether oxygens (including phenoxy) is 2. The van der Waals surface area contributed by atoms with Gasteiger partial charge >= 0.3 is 0 Å². The van der Waals surface area contributed by atoms with Gasteiger partial charge in [-0.05, 0) is 24.3 Å². The van der Waals surface area contributed by atoms with E-state index in [0.29, 0.717) is 28.9 Å². The summed E-state index contributed by atoms with van der Waals surface area (Å²) in [6, 6.07) is 19.5. The molecule has 0 saturated heterocycles. The highest BCUT2D eigenvalue weighted by molar-refractivity contribution is 7.16. The molecule has 0 saturated carbocycles. The maximum absolute atomic E-state index is 5.86. The maximum atomic E-state index is 5.86. The third-order valence-corrected chi connectivity index (χ3v) is 5.15. The second-order valence-corrected chi connectivity index (χ2v) is 7.08. The molecule has 2 aromatic carbocycles. The van der Waals surface area contributed by atoms with Crippen LogP contribution in [-0.2, 0) is 6.61 Å². The van der Waals surface area contributed by atoms with Crippen molar-refractivity contribution in [2.45, 2.75) is 6.61 Å². The summed E-state index contributed by atoms with van der Waals surface area (Å²) in [6.45, 7) is 0.318. The van der Waals surface area contributed by atoms with Crippen LogP contribution in [0.5, 0.6) is 11.5 Å². The zero-order valence-corrected chi connectivity index (χ0v) is 15.8. The average Bonchev–Trinajstić information content (AvgIpc) is 3.32. The van der Waals surface area contributed by atoms with Crippen molar-refractivity contribution in [2.24, 2.45) is 0 Å². The molecule has 3 aromatic heterocycles. The lowest BCUT2D eigenvalue weighted by Gasteiger charge is -2.08. The summed E-state index contributed by atoms with van der Waals surface area (Å²) >= 11 is 1.43. The predicted molar refractivity (Wildman–Crippen MR) is 107 cm³/mol. The number of rotatable bonds is 5. The number of pyridine rings is 1. The van der Waals surface area contributed by atoms with E-state index in [1.54, 1.807) is 11.6 Å². The first kappa shape index (κ1) is 16.6. The Balaban J connectivity index is 1.45. The Labute approximate surface area is 164 Å². The highest BCUT2D eigenvalue weighted by atomic mass is 32.1. The Morgan fingerprint density at radius 2 is 1.75 bits per heavy atom. The number of aromatic nitrogens is 5. The zero-order chi connectivity index (χ0) is 18.9. The lowest BCUT2D eigenvalue weighted by Crippen LogP contribution is -1.99. The quantitative estimate of drug-likeness (QED) is 0.452. The Bertz CT molecular complexity index is 1280. The molecule has 28 heavy (non-hydrogen) atoms. The molecular formula is C20H15N5O2S. The highest BCUT2D eigenvalue weighted by Gasteiger charge is 2.15. The third kappa shape index (κ3) is 2.93. The van der Waals surface area contributed by atoms with Gasteiger partial charge in [-0.2, -0.15) is 9.61 Å². The molecule has 7 nitrogen and oxygen atoms in total. The number of methoxy groups -OCH3 is 1. The van der Waals surface area contributed by atoms with E-state index in [4.69, 9.17) is 9.47 Å². The maximum Gasteiger partial charge on any atom is 0.235 e. The smallest absolute Gasteiger partial charge is 0.235 e. The van der Waals surface area contributed by atoms with Gasteiger partial charge < -0.3 is 9.47 Å². The monoisotopic (exact) mass is 389 g/mol. The molecule has 0 N–H and O–H groups in total. The number of fused-ring (bicyclic) bond motifs is 2. The molecular weight excluding hydrogens is 374 g/mol. The van der Waals surface area contributed by atoms with E-state index in [1.165, 1.54) is 11.3 Å². The van der Waals surface area contributed by atoms with Crippen LogP contribution in [0.25, 0.3) is 27.4 Å². The summed E-state index contributed by atoms with van der Waals surface area (Å²) < 4.78 is 12.9. The van der Waals surface area contributed by atoms with Crippen LogP contribution in [0.1, 0.15) is 5.01 Å². The summed E-state index contributed by atoms with van der Waals surface area (Å²) in [4.78, 5) is 5.38. The van der Waals surface area contributed by atoms with Gasteiger partial charge in [-0.3, -0.25) is 0 Å². The molecule has 0 aliphatic heterocycles. The minimum absolute atomic E-state index is 0.318. The van der Waals surface area contributed by atoms with Crippen molar-refractivity contribution < 1.29 is 9.47 Å². The van der Waals surface area contributed by atoms with Gasteiger partial charge in [0.15, 0.2) is 16.5 Å². The van der Waals surface area contributed by atoms with Crippen molar-refractivity contribution in [3.8, 4) is 23.0 Å².